The minimum atomic E-state index is -0.899. The van der Waals surface area contributed by atoms with Gasteiger partial charge in [0.2, 0.25) is 0 Å². The molecular formula is C10H11BrO3. The molecule has 0 aromatic heterocycles. The van der Waals surface area contributed by atoms with E-state index in [-0.39, 0.29) is 18.9 Å². The summed E-state index contributed by atoms with van der Waals surface area (Å²) in [5.74, 6) is -1.23. The monoisotopic (exact) mass is 258 g/mol. The molecule has 2 N–H and O–H groups in total. The van der Waals surface area contributed by atoms with Gasteiger partial charge in [-0.1, -0.05) is 28.1 Å². The van der Waals surface area contributed by atoms with Crippen molar-refractivity contribution in [1.29, 1.82) is 0 Å². The Morgan fingerprint density at radius 3 is 2.71 bits per heavy atom. The number of carbonyl (C=O) groups is 1. The van der Waals surface area contributed by atoms with Crippen LogP contribution < -0.4 is 0 Å². The zero-order chi connectivity index (χ0) is 10.6. The Labute approximate surface area is 90.5 Å². The van der Waals surface area contributed by atoms with Gasteiger partial charge in [0.15, 0.2) is 0 Å². The summed E-state index contributed by atoms with van der Waals surface area (Å²) < 4.78 is 0.888. The third kappa shape index (κ3) is 3.12. The number of carboxylic acid groups (broad SMARTS) is 1. The van der Waals surface area contributed by atoms with Crippen LogP contribution >= 0.6 is 15.9 Å². The largest absolute Gasteiger partial charge is 0.481 e. The smallest absolute Gasteiger partial charge is 0.304 e. The molecule has 1 atom stereocenters. The molecule has 0 radical (unpaired) electrons. The fourth-order valence-electron chi connectivity index (χ4n) is 1.26. The molecule has 0 spiro atoms. The average molecular weight is 259 g/mol. The maximum absolute atomic E-state index is 10.5. The lowest BCUT2D eigenvalue weighted by molar-refractivity contribution is -0.137. The van der Waals surface area contributed by atoms with Gasteiger partial charge in [-0.05, 0) is 17.7 Å². The highest BCUT2D eigenvalue weighted by atomic mass is 79.9. The fraction of sp³-hybridized carbons (Fsp3) is 0.300. The molecule has 4 heteroatoms. The third-order valence-electron chi connectivity index (χ3n) is 1.96. The maximum Gasteiger partial charge on any atom is 0.304 e. The Hall–Kier alpha value is -0.870. The minimum absolute atomic E-state index is 0.0487. The number of aliphatic hydroxyl groups is 1. The minimum Gasteiger partial charge on any atom is -0.481 e. The van der Waals surface area contributed by atoms with Crippen molar-refractivity contribution in [1.82, 2.24) is 0 Å². The standard InChI is InChI=1S/C10H11BrO3/c11-9-3-1-2-7(4-9)8(6-12)5-10(13)14/h1-4,8,12H,5-6H2,(H,13,14). The van der Waals surface area contributed by atoms with Crippen molar-refractivity contribution in [2.45, 2.75) is 12.3 Å². The van der Waals surface area contributed by atoms with Crippen LogP contribution in [-0.2, 0) is 4.79 Å². The number of benzene rings is 1. The van der Waals surface area contributed by atoms with Crippen LogP contribution in [0.1, 0.15) is 17.9 Å². The van der Waals surface area contributed by atoms with Gasteiger partial charge in [-0.3, -0.25) is 4.79 Å². The van der Waals surface area contributed by atoms with Gasteiger partial charge >= 0.3 is 5.97 Å². The quantitative estimate of drug-likeness (QED) is 0.869. The summed E-state index contributed by atoms with van der Waals surface area (Å²) in [6.07, 6.45) is -0.0487. The molecule has 0 amide bonds. The zero-order valence-corrected chi connectivity index (χ0v) is 9.07. The van der Waals surface area contributed by atoms with E-state index in [1.54, 1.807) is 0 Å². The summed E-state index contributed by atoms with van der Waals surface area (Å²) in [6, 6.07) is 7.32. The summed E-state index contributed by atoms with van der Waals surface area (Å²) in [5, 5.41) is 17.7. The highest BCUT2D eigenvalue weighted by Gasteiger charge is 2.14. The van der Waals surface area contributed by atoms with Gasteiger partial charge < -0.3 is 10.2 Å². The van der Waals surface area contributed by atoms with Gasteiger partial charge in [-0.25, -0.2) is 0 Å². The van der Waals surface area contributed by atoms with Crippen LogP contribution in [-0.4, -0.2) is 22.8 Å². The van der Waals surface area contributed by atoms with E-state index in [0.717, 1.165) is 10.0 Å². The molecule has 1 unspecified atom stereocenters. The third-order valence-corrected chi connectivity index (χ3v) is 2.45. The van der Waals surface area contributed by atoms with Crippen molar-refractivity contribution in [3.8, 4) is 0 Å². The first-order valence-corrected chi connectivity index (χ1v) is 5.01. The van der Waals surface area contributed by atoms with Gasteiger partial charge in [0, 0.05) is 10.4 Å². The first-order chi connectivity index (χ1) is 6.63. The molecule has 1 rings (SSSR count). The van der Waals surface area contributed by atoms with Crippen molar-refractivity contribution < 1.29 is 15.0 Å². The molecule has 14 heavy (non-hydrogen) atoms. The van der Waals surface area contributed by atoms with Crippen LogP contribution in [0.25, 0.3) is 0 Å². The molecule has 0 saturated carbocycles. The predicted octanol–water partition coefficient (Wildman–Crippen LogP) is 2.00. The summed E-state index contributed by atoms with van der Waals surface area (Å²) in [5.41, 5.74) is 0.837. The highest BCUT2D eigenvalue weighted by molar-refractivity contribution is 9.10. The summed E-state index contributed by atoms with van der Waals surface area (Å²) in [6.45, 7) is -0.150. The van der Waals surface area contributed by atoms with Crippen LogP contribution in [0.4, 0.5) is 0 Å². The van der Waals surface area contributed by atoms with Crippen molar-refractivity contribution in [2.24, 2.45) is 0 Å². The van der Waals surface area contributed by atoms with Crippen LogP contribution in [0.2, 0.25) is 0 Å². The molecule has 0 saturated heterocycles. The van der Waals surface area contributed by atoms with E-state index in [9.17, 15) is 4.79 Å². The molecule has 3 nitrogen and oxygen atoms in total. The number of hydrogen-bond donors (Lipinski definition) is 2. The lowest BCUT2D eigenvalue weighted by atomic mass is 9.97. The highest BCUT2D eigenvalue weighted by Crippen LogP contribution is 2.22. The second kappa shape index (κ2) is 5.12. The van der Waals surface area contributed by atoms with Gasteiger partial charge in [0.05, 0.1) is 13.0 Å². The lowest BCUT2D eigenvalue weighted by Gasteiger charge is -2.11. The normalized spacial score (nSPS) is 12.4. The van der Waals surface area contributed by atoms with Crippen molar-refractivity contribution in [3.05, 3.63) is 34.3 Å². The SMILES string of the molecule is O=C(O)CC(CO)c1cccc(Br)c1. The lowest BCUT2D eigenvalue weighted by Crippen LogP contribution is -2.10. The van der Waals surface area contributed by atoms with Crippen molar-refractivity contribution in [3.63, 3.8) is 0 Å². The van der Waals surface area contributed by atoms with Gasteiger partial charge in [-0.15, -0.1) is 0 Å². The first-order valence-electron chi connectivity index (χ1n) is 4.21. The van der Waals surface area contributed by atoms with Crippen LogP contribution in [0.15, 0.2) is 28.7 Å². The Kier molecular flexibility index (Phi) is 4.10. The number of rotatable bonds is 4. The predicted molar refractivity (Wildman–Crippen MR) is 56.2 cm³/mol. The molecule has 0 heterocycles. The zero-order valence-electron chi connectivity index (χ0n) is 7.48. The van der Waals surface area contributed by atoms with Gasteiger partial charge in [-0.2, -0.15) is 0 Å². The summed E-state index contributed by atoms with van der Waals surface area (Å²) in [7, 11) is 0. The Morgan fingerprint density at radius 1 is 1.50 bits per heavy atom. The van der Waals surface area contributed by atoms with E-state index >= 15 is 0 Å². The van der Waals surface area contributed by atoms with E-state index in [2.05, 4.69) is 15.9 Å². The van der Waals surface area contributed by atoms with Gasteiger partial charge in [0.25, 0.3) is 0 Å². The second-order valence-electron chi connectivity index (χ2n) is 3.03. The second-order valence-corrected chi connectivity index (χ2v) is 3.95. The molecule has 76 valence electrons. The molecule has 0 fully saturated rings. The average Bonchev–Trinajstić information content (AvgIpc) is 2.14. The Balaban J connectivity index is 2.83. The van der Waals surface area contributed by atoms with Crippen molar-refractivity contribution in [2.75, 3.05) is 6.61 Å². The summed E-state index contributed by atoms with van der Waals surface area (Å²) in [4.78, 5) is 10.5. The van der Waals surface area contributed by atoms with Crippen LogP contribution in [0.5, 0.6) is 0 Å². The molecular weight excluding hydrogens is 248 g/mol. The molecule has 0 aliphatic carbocycles. The molecule has 0 aliphatic rings. The number of aliphatic carboxylic acids is 1. The van der Waals surface area contributed by atoms with E-state index in [4.69, 9.17) is 10.2 Å². The van der Waals surface area contributed by atoms with Crippen LogP contribution in [0.3, 0.4) is 0 Å². The number of halogens is 1. The van der Waals surface area contributed by atoms with E-state index in [1.165, 1.54) is 0 Å². The Morgan fingerprint density at radius 2 is 2.21 bits per heavy atom. The number of hydrogen-bond acceptors (Lipinski definition) is 2. The van der Waals surface area contributed by atoms with E-state index in [1.807, 2.05) is 24.3 Å². The molecule has 0 aliphatic heterocycles. The molecule has 1 aromatic carbocycles. The molecule has 1 aromatic rings. The number of aliphatic hydroxyl groups excluding tert-OH is 1. The van der Waals surface area contributed by atoms with Crippen molar-refractivity contribution >= 4 is 21.9 Å². The topological polar surface area (TPSA) is 57.5 Å². The van der Waals surface area contributed by atoms with E-state index < -0.39 is 5.97 Å². The molecule has 0 bridgehead atoms. The first kappa shape index (κ1) is 11.2. The van der Waals surface area contributed by atoms with Crippen LogP contribution in [0, 0.1) is 0 Å². The fourth-order valence-corrected chi connectivity index (χ4v) is 1.68. The summed E-state index contributed by atoms with van der Waals surface area (Å²) >= 11 is 3.30. The van der Waals surface area contributed by atoms with Gasteiger partial charge in [0.1, 0.15) is 0 Å². The maximum atomic E-state index is 10.5. The number of carboxylic acids is 1. The van der Waals surface area contributed by atoms with E-state index in [0.29, 0.717) is 0 Å². The Bertz CT molecular complexity index is 325.